The van der Waals surface area contributed by atoms with Crippen LogP contribution in [-0.4, -0.2) is 13.0 Å². The number of hydrogen-bond acceptors (Lipinski definition) is 4. The largest absolute Gasteiger partial charge is 0.497 e. The van der Waals surface area contributed by atoms with Gasteiger partial charge < -0.3 is 14.8 Å². The summed E-state index contributed by atoms with van der Waals surface area (Å²) in [7, 11) is 1.57. The first-order valence-corrected chi connectivity index (χ1v) is 10.3. The number of nitriles is 1. The van der Waals surface area contributed by atoms with E-state index in [0.717, 1.165) is 16.7 Å². The molecule has 162 valence electrons. The lowest BCUT2D eigenvalue weighted by Gasteiger charge is -2.12. The lowest BCUT2D eigenvalue weighted by molar-refractivity contribution is -0.112. The van der Waals surface area contributed by atoms with Crippen LogP contribution in [0.15, 0.2) is 66.2 Å². The number of nitrogens with zero attached hydrogens (tertiary/aromatic N) is 1. The molecule has 0 aromatic heterocycles. The van der Waals surface area contributed by atoms with Crippen LogP contribution in [0, 0.1) is 25.2 Å². The van der Waals surface area contributed by atoms with Gasteiger partial charge in [-0.3, -0.25) is 4.79 Å². The number of hydrogen-bond donors (Lipinski definition) is 1. The average molecular weight is 447 g/mol. The molecule has 32 heavy (non-hydrogen) atoms. The van der Waals surface area contributed by atoms with E-state index in [1.54, 1.807) is 43.5 Å². The SMILES string of the molecule is COc1ccc(/C=C(\C#N)C(=O)Nc2ccc(C)c(Cl)c2)c(OCc2cccc(C)c2)c1. The first-order valence-electron chi connectivity index (χ1n) is 9.95. The van der Waals surface area contributed by atoms with Crippen molar-refractivity contribution in [3.8, 4) is 17.6 Å². The Balaban J connectivity index is 1.86. The van der Waals surface area contributed by atoms with E-state index >= 15 is 0 Å². The Morgan fingerprint density at radius 3 is 2.62 bits per heavy atom. The van der Waals surface area contributed by atoms with Gasteiger partial charge in [0.05, 0.1) is 7.11 Å². The van der Waals surface area contributed by atoms with Crippen molar-refractivity contribution in [3.05, 3.63) is 93.5 Å². The smallest absolute Gasteiger partial charge is 0.266 e. The van der Waals surface area contributed by atoms with E-state index in [1.807, 2.05) is 44.2 Å². The Morgan fingerprint density at radius 1 is 1.12 bits per heavy atom. The fourth-order valence-corrected chi connectivity index (χ4v) is 3.20. The van der Waals surface area contributed by atoms with Crippen molar-refractivity contribution in [2.45, 2.75) is 20.5 Å². The molecule has 0 spiro atoms. The summed E-state index contributed by atoms with van der Waals surface area (Å²) in [4.78, 5) is 12.7. The van der Waals surface area contributed by atoms with E-state index in [0.29, 0.717) is 34.4 Å². The van der Waals surface area contributed by atoms with Crippen LogP contribution in [0.3, 0.4) is 0 Å². The molecule has 6 heteroatoms. The molecule has 0 radical (unpaired) electrons. The van der Waals surface area contributed by atoms with Crippen LogP contribution in [0.1, 0.15) is 22.3 Å². The molecule has 0 heterocycles. The van der Waals surface area contributed by atoms with Gasteiger partial charge in [-0.1, -0.05) is 47.5 Å². The van der Waals surface area contributed by atoms with Crippen LogP contribution in [0.4, 0.5) is 5.69 Å². The molecular weight excluding hydrogens is 424 g/mol. The number of carbonyl (C=O) groups excluding carboxylic acids is 1. The molecule has 3 aromatic rings. The number of benzene rings is 3. The van der Waals surface area contributed by atoms with Crippen LogP contribution in [-0.2, 0) is 11.4 Å². The predicted octanol–water partition coefficient (Wildman–Crippen LogP) is 6.09. The predicted molar refractivity (Wildman–Crippen MR) is 127 cm³/mol. The summed E-state index contributed by atoms with van der Waals surface area (Å²) in [5, 5.41) is 12.8. The van der Waals surface area contributed by atoms with Gasteiger partial charge in [-0.05, 0) is 55.3 Å². The summed E-state index contributed by atoms with van der Waals surface area (Å²) in [5.74, 6) is 0.580. The second-order valence-corrected chi connectivity index (χ2v) is 7.68. The Kier molecular flexibility index (Phi) is 7.54. The molecule has 0 saturated heterocycles. The van der Waals surface area contributed by atoms with Gasteiger partial charge in [0.25, 0.3) is 5.91 Å². The first-order chi connectivity index (χ1) is 15.4. The van der Waals surface area contributed by atoms with Crippen molar-refractivity contribution >= 4 is 29.3 Å². The number of aryl methyl sites for hydroxylation is 2. The lowest BCUT2D eigenvalue weighted by atomic mass is 10.1. The Labute approximate surface area is 192 Å². The van der Waals surface area contributed by atoms with E-state index in [-0.39, 0.29) is 5.57 Å². The minimum atomic E-state index is -0.534. The van der Waals surface area contributed by atoms with Crippen molar-refractivity contribution in [3.63, 3.8) is 0 Å². The van der Waals surface area contributed by atoms with Crippen LogP contribution < -0.4 is 14.8 Å². The van der Waals surface area contributed by atoms with Gasteiger partial charge in [-0.15, -0.1) is 0 Å². The van der Waals surface area contributed by atoms with E-state index in [1.165, 1.54) is 6.08 Å². The van der Waals surface area contributed by atoms with Crippen LogP contribution in [0.2, 0.25) is 5.02 Å². The number of rotatable bonds is 7. The maximum Gasteiger partial charge on any atom is 0.266 e. The Morgan fingerprint density at radius 2 is 1.94 bits per heavy atom. The number of carbonyl (C=O) groups is 1. The van der Waals surface area contributed by atoms with Crippen molar-refractivity contribution in [1.29, 1.82) is 5.26 Å². The van der Waals surface area contributed by atoms with Crippen LogP contribution in [0.25, 0.3) is 6.08 Å². The quantitative estimate of drug-likeness (QED) is 0.352. The molecule has 1 amide bonds. The summed E-state index contributed by atoms with van der Waals surface area (Å²) < 4.78 is 11.3. The fourth-order valence-electron chi connectivity index (χ4n) is 3.02. The zero-order chi connectivity index (χ0) is 23.1. The van der Waals surface area contributed by atoms with Gasteiger partial charge in [0.2, 0.25) is 0 Å². The summed E-state index contributed by atoms with van der Waals surface area (Å²) >= 11 is 6.13. The third-order valence-electron chi connectivity index (χ3n) is 4.79. The molecular formula is C26H23ClN2O3. The van der Waals surface area contributed by atoms with E-state index in [9.17, 15) is 10.1 Å². The molecule has 3 rings (SSSR count). The molecule has 0 aliphatic heterocycles. The minimum Gasteiger partial charge on any atom is -0.497 e. The molecule has 0 unspecified atom stereocenters. The maximum absolute atomic E-state index is 12.7. The highest BCUT2D eigenvalue weighted by Gasteiger charge is 2.13. The van der Waals surface area contributed by atoms with E-state index in [2.05, 4.69) is 5.32 Å². The molecule has 5 nitrogen and oxygen atoms in total. The van der Waals surface area contributed by atoms with E-state index < -0.39 is 5.91 Å². The van der Waals surface area contributed by atoms with Gasteiger partial charge in [0.1, 0.15) is 29.7 Å². The van der Waals surface area contributed by atoms with Crippen LogP contribution in [0.5, 0.6) is 11.5 Å². The molecule has 3 aromatic carbocycles. The molecule has 0 fully saturated rings. The molecule has 1 N–H and O–H groups in total. The second kappa shape index (κ2) is 10.5. The third-order valence-corrected chi connectivity index (χ3v) is 5.20. The van der Waals surface area contributed by atoms with E-state index in [4.69, 9.17) is 21.1 Å². The highest BCUT2D eigenvalue weighted by Crippen LogP contribution is 2.28. The van der Waals surface area contributed by atoms with Crippen molar-refractivity contribution in [2.75, 3.05) is 12.4 Å². The van der Waals surface area contributed by atoms with Gasteiger partial charge in [-0.2, -0.15) is 5.26 Å². The molecule has 0 bridgehead atoms. The number of nitrogens with one attached hydrogen (secondary N) is 1. The number of ether oxygens (including phenoxy) is 2. The number of amides is 1. The van der Waals surface area contributed by atoms with Crippen molar-refractivity contribution in [1.82, 2.24) is 0 Å². The standard InChI is InChI=1S/C26H23ClN2O3/c1-17-5-4-6-19(11-17)16-32-25-14-23(31-3)10-8-20(25)12-21(15-28)26(30)29-22-9-7-18(2)24(27)13-22/h4-14H,16H2,1-3H3,(H,29,30)/b21-12+. The maximum atomic E-state index is 12.7. The third kappa shape index (κ3) is 5.90. The van der Waals surface area contributed by atoms with Crippen LogP contribution >= 0.6 is 11.6 Å². The van der Waals surface area contributed by atoms with Gasteiger partial charge in [0.15, 0.2) is 0 Å². The second-order valence-electron chi connectivity index (χ2n) is 7.27. The number of halogens is 1. The van der Waals surface area contributed by atoms with Crippen molar-refractivity contribution < 1.29 is 14.3 Å². The fraction of sp³-hybridized carbons (Fsp3) is 0.154. The van der Waals surface area contributed by atoms with Crippen molar-refractivity contribution in [2.24, 2.45) is 0 Å². The topological polar surface area (TPSA) is 71.3 Å². The number of anilines is 1. The number of methoxy groups -OCH3 is 1. The van der Waals surface area contributed by atoms with Gasteiger partial charge in [0, 0.05) is 22.3 Å². The molecule has 0 aliphatic rings. The zero-order valence-corrected chi connectivity index (χ0v) is 18.9. The average Bonchev–Trinajstić information content (AvgIpc) is 2.78. The Bertz CT molecular complexity index is 1210. The van der Waals surface area contributed by atoms with Gasteiger partial charge >= 0.3 is 0 Å². The summed E-state index contributed by atoms with van der Waals surface area (Å²) in [6, 6.07) is 20.4. The highest BCUT2D eigenvalue weighted by atomic mass is 35.5. The molecule has 0 atom stereocenters. The summed E-state index contributed by atoms with van der Waals surface area (Å²) in [6.07, 6.45) is 1.50. The summed E-state index contributed by atoms with van der Waals surface area (Å²) in [5.41, 5.74) is 4.08. The summed E-state index contributed by atoms with van der Waals surface area (Å²) in [6.45, 7) is 4.23. The highest BCUT2D eigenvalue weighted by molar-refractivity contribution is 6.31. The lowest BCUT2D eigenvalue weighted by Crippen LogP contribution is -2.13. The van der Waals surface area contributed by atoms with Gasteiger partial charge in [-0.25, -0.2) is 0 Å². The normalized spacial score (nSPS) is 10.9. The molecule has 0 aliphatic carbocycles. The minimum absolute atomic E-state index is 0.0627. The zero-order valence-electron chi connectivity index (χ0n) is 18.1. The Hall–Kier alpha value is -3.75. The first kappa shape index (κ1) is 22.9. The molecule has 0 saturated carbocycles. The monoisotopic (exact) mass is 446 g/mol.